The summed E-state index contributed by atoms with van der Waals surface area (Å²) in [5, 5.41) is 8.40. The first-order chi connectivity index (χ1) is 14.0. The zero-order valence-electron chi connectivity index (χ0n) is 15.9. The smallest absolute Gasteiger partial charge is 0.238 e. The number of hydrogen-bond donors (Lipinski definition) is 2. The minimum atomic E-state index is -4.10. The van der Waals surface area contributed by atoms with Gasteiger partial charge in [0.25, 0.3) is 0 Å². The molecule has 0 aliphatic carbocycles. The topological polar surface area (TPSA) is 133 Å². The highest BCUT2D eigenvalue weighted by Gasteiger charge is 2.29. The lowest BCUT2D eigenvalue weighted by molar-refractivity contribution is -0.115. The molecule has 3 N–H and O–H groups in total. The van der Waals surface area contributed by atoms with Crippen molar-refractivity contribution in [3.05, 3.63) is 58.6 Å². The van der Waals surface area contributed by atoms with Crippen molar-refractivity contribution in [1.29, 1.82) is 0 Å². The van der Waals surface area contributed by atoms with Gasteiger partial charge < -0.3 is 10.1 Å². The van der Waals surface area contributed by atoms with Crippen molar-refractivity contribution in [3.8, 4) is 0 Å². The van der Waals surface area contributed by atoms with Crippen LogP contribution in [-0.4, -0.2) is 40.4 Å². The first-order valence-corrected chi connectivity index (χ1v) is 12.8. The monoisotopic (exact) mass is 472 g/mol. The molecule has 30 heavy (non-hydrogen) atoms. The molecule has 0 spiro atoms. The Hall–Kier alpha value is -1.98. The van der Waals surface area contributed by atoms with Crippen molar-refractivity contribution in [2.75, 3.05) is 16.8 Å². The van der Waals surface area contributed by atoms with E-state index < -0.39 is 26.0 Å². The van der Waals surface area contributed by atoms with E-state index in [0.29, 0.717) is 17.0 Å². The van der Waals surface area contributed by atoms with Crippen LogP contribution in [0.15, 0.2) is 47.4 Å². The number of carbonyl (C=O) groups is 1. The number of halogens is 1. The number of sulfone groups is 1. The Morgan fingerprint density at radius 2 is 1.93 bits per heavy atom. The van der Waals surface area contributed by atoms with Crippen LogP contribution in [0.1, 0.15) is 17.5 Å². The second-order valence-electron chi connectivity index (χ2n) is 7.02. The van der Waals surface area contributed by atoms with E-state index in [4.69, 9.17) is 21.5 Å². The van der Waals surface area contributed by atoms with Crippen LogP contribution in [-0.2, 0) is 42.4 Å². The second kappa shape index (κ2) is 9.03. The maximum absolute atomic E-state index is 12.3. The fourth-order valence-electron chi connectivity index (χ4n) is 3.14. The van der Waals surface area contributed by atoms with Crippen molar-refractivity contribution in [2.24, 2.45) is 5.14 Å². The molecule has 1 aliphatic heterocycles. The molecule has 2 aromatic rings. The number of sulfonamides is 1. The van der Waals surface area contributed by atoms with Gasteiger partial charge in [-0.2, -0.15) is 0 Å². The Balaban J connectivity index is 1.72. The predicted molar refractivity (Wildman–Crippen MR) is 113 cm³/mol. The summed E-state index contributed by atoms with van der Waals surface area (Å²) in [6.45, 7) is -0.111. The van der Waals surface area contributed by atoms with E-state index in [2.05, 4.69) is 5.32 Å². The predicted octanol–water partition coefficient (Wildman–Crippen LogP) is 1.87. The van der Waals surface area contributed by atoms with E-state index in [-0.39, 0.29) is 46.6 Å². The minimum Gasteiger partial charge on any atom is -0.372 e. The van der Waals surface area contributed by atoms with E-state index in [9.17, 15) is 21.6 Å². The largest absolute Gasteiger partial charge is 0.372 e. The molecule has 1 heterocycles. The lowest BCUT2D eigenvalue weighted by Crippen LogP contribution is -2.19. The van der Waals surface area contributed by atoms with Gasteiger partial charge >= 0.3 is 0 Å². The van der Waals surface area contributed by atoms with Gasteiger partial charge in [0.2, 0.25) is 15.9 Å². The van der Waals surface area contributed by atoms with Crippen LogP contribution in [0.25, 0.3) is 0 Å². The molecule has 1 unspecified atom stereocenters. The minimum absolute atomic E-state index is 0.0192. The van der Waals surface area contributed by atoms with Gasteiger partial charge in [-0.05, 0) is 35.7 Å². The van der Waals surface area contributed by atoms with Gasteiger partial charge in [0.05, 0.1) is 35.5 Å². The number of hydrogen-bond acceptors (Lipinski definition) is 6. The van der Waals surface area contributed by atoms with E-state index in [0.717, 1.165) is 0 Å². The van der Waals surface area contributed by atoms with E-state index >= 15 is 0 Å². The molecule has 3 rings (SSSR count). The van der Waals surface area contributed by atoms with Crippen LogP contribution in [0.4, 0.5) is 5.69 Å². The quantitative estimate of drug-likeness (QED) is 0.632. The summed E-state index contributed by atoms with van der Waals surface area (Å²) in [6, 6.07) is 11.2. The first kappa shape index (κ1) is 22.7. The molecule has 0 radical (unpaired) electrons. The van der Waals surface area contributed by atoms with E-state index in [1.54, 1.807) is 24.3 Å². The molecule has 1 amide bonds. The Morgan fingerprint density at radius 1 is 1.20 bits per heavy atom. The molecule has 11 heteroatoms. The molecule has 1 saturated heterocycles. The Kier molecular flexibility index (Phi) is 6.83. The zero-order chi connectivity index (χ0) is 21.9. The summed E-state index contributed by atoms with van der Waals surface area (Å²) in [4.78, 5) is 12.1. The number of rotatable bonds is 7. The van der Waals surface area contributed by atoms with E-state index in [1.165, 1.54) is 18.2 Å². The Bertz CT molecular complexity index is 1170. The Morgan fingerprint density at radius 3 is 2.57 bits per heavy atom. The third-order valence-electron chi connectivity index (χ3n) is 4.63. The van der Waals surface area contributed by atoms with Gasteiger partial charge in [0.1, 0.15) is 0 Å². The fraction of sp³-hybridized carbons (Fsp3) is 0.316. The van der Waals surface area contributed by atoms with Crippen LogP contribution >= 0.6 is 11.6 Å². The summed E-state index contributed by atoms with van der Waals surface area (Å²) in [5.74, 6) is -0.409. The highest BCUT2D eigenvalue weighted by molar-refractivity contribution is 7.91. The molecule has 0 bridgehead atoms. The standard InChI is InChI=1S/C19H21ClN2O6S2/c20-17-4-2-1-3-13(17)9-19(23)22-15-6-5-14(18(10-15)30(21,26)27)11-28-16-7-8-29(24,25)12-16/h1-6,10,16H,7-9,11-12H2,(H,22,23)(H2,21,26,27). The Labute approximate surface area is 180 Å². The van der Waals surface area contributed by atoms with Gasteiger partial charge in [-0.3, -0.25) is 4.79 Å². The van der Waals surface area contributed by atoms with Crippen LogP contribution in [0.2, 0.25) is 5.02 Å². The van der Waals surface area contributed by atoms with Gasteiger partial charge in [0, 0.05) is 10.7 Å². The third kappa shape index (κ3) is 6.02. The number of benzene rings is 2. The maximum atomic E-state index is 12.3. The molecule has 8 nitrogen and oxygen atoms in total. The lowest BCUT2D eigenvalue weighted by Gasteiger charge is -2.14. The van der Waals surface area contributed by atoms with Gasteiger partial charge in [0.15, 0.2) is 9.84 Å². The van der Waals surface area contributed by atoms with Gasteiger partial charge in [-0.1, -0.05) is 35.9 Å². The zero-order valence-corrected chi connectivity index (χ0v) is 18.3. The highest BCUT2D eigenvalue weighted by atomic mass is 35.5. The van der Waals surface area contributed by atoms with Crippen molar-refractivity contribution >= 4 is 43.1 Å². The van der Waals surface area contributed by atoms with Crippen molar-refractivity contribution < 1.29 is 26.4 Å². The molecule has 2 aromatic carbocycles. The molecule has 0 saturated carbocycles. The summed E-state index contributed by atoms with van der Waals surface area (Å²) in [6.07, 6.45) is -0.104. The average Bonchev–Trinajstić information content (AvgIpc) is 3.00. The number of carbonyl (C=O) groups excluding carboxylic acids is 1. The molecule has 1 aliphatic rings. The van der Waals surface area contributed by atoms with Crippen molar-refractivity contribution in [1.82, 2.24) is 0 Å². The maximum Gasteiger partial charge on any atom is 0.238 e. The molecule has 1 fully saturated rings. The summed E-state index contributed by atoms with van der Waals surface area (Å²) in [5.41, 5.74) is 1.18. The number of nitrogens with two attached hydrogens (primary N) is 1. The summed E-state index contributed by atoms with van der Waals surface area (Å²) < 4.78 is 52.7. The van der Waals surface area contributed by atoms with Crippen molar-refractivity contribution in [3.63, 3.8) is 0 Å². The van der Waals surface area contributed by atoms with E-state index in [1.807, 2.05) is 0 Å². The van der Waals surface area contributed by atoms with Crippen LogP contribution in [0.5, 0.6) is 0 Å². The lowest BCUT2D eigenvalue weighted by atomic mass is 10.1. The van der Waals surface area contributed by atoms with Crippen LogP contribution in [0.3, 0.4) is 0 Å². The van der Waals surface area contributed by atoms with Gasteiger partial charge in [-0.15, -0.1) is 0 Å². The number of amides is 1. The number of nitrogens with one attached hydrogen (secondary N) is 1. The average molecular weight is 473 g/mol. The van der Waals surface area contributed by atoms with Crippen LogP contribution < -0.4 is 10.5 Å². The number of ether oxygens (including phenoxy) is 1. The fourth-order valence-corrected chi connectivity index (χ4v) is 5.74. The summed E-state index contributed by atoms with van der Waals surface area (Å²) in [7, 11) is -7.21. The number of primary sulfonamides is 1. The number of anilines is 1. The van der Waals surface area contributed by atoms with Crippen molar-refractivity contribution in [2.45, 2.75) is 30.4 Å². The molecule has 0 aromatic heterocycles. The normalized spacial score (nSPS) is 18.3. The molecule has 1 atom stereocenters. The first-order valence-electron chi connectivity index (χ1n) is 9.04. The second-order valence-corrected chi connectivity index (χ2v) is 11.2. The molecular weight excluding hydrogens is 452 g/mol. The molecule has 162 valence electrons. The summed E-state index contributed by atoms with van der Waals surface area (Å²) >= 11 is 6.06. The highest BCUT2D eigenvalue weighted by Crippen LogP contribution is 2.24. The SMILES string of the molecule is NS(=O)(=O)c1cc(NC(=O)Cc2ccccc2Cl)ccc1COC1CCS(=O)(=O)C1. The van der Waals surface area contributed by atoms with Crippen LogP contribution in [0, 0.1) is 0 Å². The molecular formula is C19H21ClN2O6S2. The third-order valence-corrected chi connectivity index (χ3v) is 7.73. The van der Waals surface area contributed by atoms with Gasteiger partial charge in [-0.25, -0.2) is 22.0 Å².